The SMILES string of the molecule is O=COCCCCCCCCCCCCCl. The van der Waals surface area contributed by atoms with Crippen LogP contribution in [0.15, 0.2) is 0 Å². The lowest BCUT2D eigenvalue weighted by Gasteiger charge is -2.02. The number of hydrogen-bond donors (Lipinski definition) is 0. The molecule has 0 aromatic rings. The molecular weight excluding hydrogens is 224 g/mol. The molecule has 0 amide bonds. The maximum Gasteiger partial charge on any atom is 0.293 e. The van der Waals surface area contributed by atoms with Gasteiger partial charge >= 0.3 is 0 Å². The van der Waals surface area contributed by atoms with Gasteiger partial charge in [-0.25, -0.2) is 0 Å². The van der Waals surface area contributed by atoms with Crippen LogP contribution in [-0.2, 0) is 9.53 Å². The van der Waals surface area contributed by atoms with Crippen LogP contribution < -0.4 is 0 Å². The summed E-state index contributed by atoms with van der Waals surface area (Å²) in [6.45, 7) is 1.11. The van der Waals surface area contributed by atoms with Gasteiger partial charge < -0.3 is 4.74 Å². The Hall–Kier alpha value is -0.240. The largest absolute Gasteiger partial charge is 0.468 e. The second-order valence-electron chi connectivity index (χ2n) is 4.19. The van der Waals surface area contributed by atoms with Crippen molar-refractivity contribution in [1.29, 1.82) is 0 Å². The summed E-state index contributed by atoms with van der Waals surface area (Å²) < 4.78 is 4.62. The lowest BCUT2D eigenvalue weighted by Crippen LogP contribution is -1.91. The van der Waals surface area contributed by atoms with Crippen LogP contribution in [0.3, 0.4) is 0 Å². The Morgan fingerprint density at radius 2 is 1.19 bits per heavy atom. The van der Waals surface area contributed by atoms with E-state index in [1.807, 2.05) is 0 Å². The quantitative estimate of drug-likeness (QED) is 0.276. The fourth-order valence-electron chi connectivity index (χ4n) is 1.74. The number of rotatable bonds is 13. The first-order chi connectivity index (χ1) is 7.91. The minimum Gasteiger partial charge on any atom is -0.468 e. The molecule has 0 saturated carbocycles. The van der Waals surface area contributed by atoms with E-state index in [-0.39, 0.29) is 0 Å². The lowest BCUT2D eigenvalue weighted by molar-refractivity contribution is -0.128. The highest BCUT2D eigenvalue weighted by Gasteiger charge is 1.93. The third-order valence-electron chi connectivity index (χ3n) is 2.71. The van der Waals surface area contributed by atoms with Crippen LogP contribution in [0.25, 0.3) is 0 Å². The summed E-state index contributed by atoms with van der Waals surface area (Å²) in [6.07, 6.45) is 12.6. The average molecular weight is 249 g/mol. The maximum absolute atomic E-state index is 9.86. The first-order valence-electron chi connectivity index (χ1n) is 6.53. The Morgan fingerprint density at radius 3 is 1.62 bits per heavy atom. The molecule has 0 aliphatic heterocycles. The first kappa shape index (κ1) is 15.8. The van der Waals surface area contributed by atoms with Crippen LogP contribution in [0.1, 0.15) is 64.2 Å². The van der Waals surface area contributed by atoms with E-state index in [4.69, 9.17) is 11.6 Å². The van der Waals surface area contributed by atoms with Crippen molar-refractivity contribution in [1.82, 2.24) is 0 Å². The van der Waals surface area contributed by atoms with Crippen molar-refractivity contribution >= 4 is 18.1 Å². The van der Waals surface area contributed by atoms with Crippen molar-refractivity contribution in [3.8, 4) is 0 Å². The summed E-state index contributed by atoms with van der Waals surface area (Å²) in [7, 11) is 0. The molecule has 0 unspecified atom stereocenters. The molecule has 0 radical (unpaired) electrons. The molecule has 3 heteroatoms. The molecule has 0 aliphatic carbocycles. The number of carbonyl (C=O) groups excluding carboxylic acids is 1. The Bertz CT molecular complexity index is 140. The van der Waals surface area contributed by atoms with Crippen LogP contribution in [-0.4, -0.2) is 19.0 Å². The third-order valence-corrected chi connectivity index (χ3v) is 2.98. The summed E-state index contributed by atoms with van der Waals surface area (Å²) in [5, 5.41) is 0. The van der Waals surface area contributed by atoms with Gasteiger partial charge in [-0.15, -0.1) is 11.6 Å². The van der Waals surface area contributed by atoms with Gasteiger partial charge in [0.15, 0.2) is 0 Å². The molecule has 0 atom stereocenters. The van der Waals surface area contributed by atoms with Crippen molar-refractivity contribution in [2.75, 3.05) is 12.5 Å². The Labute approximate surface area is 105 Å². The predicted octanol–water partition coefficient (Wildman–Crippen LogP) is 4.30. The van der Waals surface area contributed by atoms with Gasteiger partial charge in [-0.3, -0.25) is 4.79 Å². The topological polar surface area (TPSA) is 26.3 Å². The van der Waals surface area contributed by atoms with Crippen molar-refractivity contribution in [3.63, 3.8) is 0 Å². The highest BCUT2D eigenvalue weighted by Crippen LogP contribution is 2.10. The normalized spacial score (nSPS) is 10.3. The third kappa shape index (κ3) is 13.8. The summed E-state index contributed by atoms with van der Waals surface area (Å²) in [5.74, 6) is 0.808. The zero-order chi connectivity index (χ0) is 11.9. The van der Waals surface area contributed by atoms with E-state index in [0.29, 0.717) is 13.1 Å². The first-order valence-corrected chi connectivity index (χ1v) is 7.06. The molecule has 0 saturated heterocycles. The molecule has 0 fully saturated rings. The fourth-order valence-corrected chi connectivity index (χ4v) is 1.93. The number of carbonyl (C=O) groups is 1. The van der Waals surface area contributed by atoms with E-state index in [0.717, 1.165) is 18.7 Å². The number of ether oxygens (including phenoxy) is 1. The molecule has 0 aromatic heterocycles. The van der Waals surface area contributed by atoms with Crippen molar-refractivity contribution < 1.29 is 9.53 Å². The van der Waals surface area contributed by atoms with E-state index in [1.165, 1.54) is 51.4 Å². The zero-order valence-corrected chi connectivity index (χ0v) is 11.0. The summed E-state index contributed by atoms with van der Waals surface area (Å²) in [6, 6.07) is 0. The molecular formula is C13H25ClO2. The van der Waals surface area contributed by atoms with Gasteiger partial charge in [-0.2, -0.15) is 0 Å². The second kappa shape index (κ2) is 14.8. The van der Waals surface area contributed by atoms with E-state index in [9.17, 15) is 4.79 Å². The summed E-state index contributed by atoms with van der Waals surface area (Å²) >= 11 is 5.60. The molecule has 2 nitrogen and oxygen atoms in total. The Morgan fingerprint density at radius 1 is 0.750 bits per heavy atom. The highest BCUT2D eigenvalue weighted by atomic mass is 35.5. The van der Waals surface area contributed by atoms with Gasteiger partial charge in [-0.1, -0.05) is 51.4 Å². The van der Waals surface area contributed by atoms with E-state index >= 15 is 0 Å². The van der Waals surface area contributed by atoms with Crippen molar-refractivity contribution in [2.45, 2.75) is 64.2 Å². The van der Waals surface area contributed by atoms with E-state index in [1.54, 1.807) is 0 Å². The van der Waals surface area contributed by atoms with Crippen LogP contribution in [0.4, 0.5) is 0 Å². The predicted molar refractivity (Wildman–Crippen MR) is 68.9 cm³/mol. The highest BCUT2D eigenvalue weighted by molar-refractivity contribution is 6.17. The standard InChI is InChI=1S/C13H25ClO2/c14-11-9-7-5-3-1-2-4-6-8-10-12-16-13-15/h13H,1-12H2. The van der Waals surface area contributed by atoms with Crippen LogP contribution in [0.2, 0.25) is 0 Å². The molecule has 0 spiro atoms. The number of hydrogen-bond acceptors (Lipinski definition) is 2. The zero-order valence-electron chi connectivity index (χ0n) is 10.3. The smallest absolute Gasteiger partial charge is 0.293 e. The van der Waals surface area contributed by atoms with Gasteiger partial charge in [0.25, 0.3) is 6.47 Å². The number of unbranched alkanes of at least 4 members (excludes halogenated alkanes) is 9. The molecule has 96 valence electrons. The average Bonchev–Trinajstić information content (AvgIpc) is 2.31. The van der Waals surface area contributed by atoms with Gasteiger partial charge in [0.1, 0.15) is 0 Å². The maximum atomic E-state index is 9.86. The monoisotopic (exact) mass is 248 g/mol. The molecule has 0 aromatic carbocycles. The van der Waals surface area contributed by atoms with Gasteiger partial charge in [0.2, 0.25) is 0 Å². The van der Waals surface area contributed by atoms with Crippen LogP contribution >= 0.6 is 11.6 Å². The number of halogens is 1. The molecule has 0 N–H and O–H groups in total. The Balaban J connectivity index is 2.85. The van der Waals surface area contributed by atoms with E-state index in [2.05, 4.69) is 4.74 Å². The van der Waals surface area contributed by atoms with Crippen molar-refractivity contribution in [3.05, 3.63) is 0 Å². The lowest BCUT2D eigenvalue weighted by atomic mass is 10.1. The van der Waals surface area contributed by atoms with Crippen LogP contribution in [0, 0.1) is 0 Å². The molecule has 0 heterocycles. The van der Waals surface area contributed by atoms with E-state index < -0.39 is 0 Å². The van der Waals surface area contributed by atoms with Gasteiger partial charge in [-0.05, 0) is 12.8 Å². The molecule has 0 aliphatic rings. The number of alkyl halides is 1. The summed E-state index contributed by atoms with van der Waals surface area (Å²) in [5.41, 5.74) is 0. The minimum atomic E-state index is 0.529. The molecule has 0 bridgehead atoms. The van der Waals surface area contributed by atoms with Gasteiger partial charge in [0, 0.05) is 5.88 Å². The summed E-state index contributed by atoms with van der Waals surface area (Å²) in [4.78, 5) is 9.86. The molecule has 0 rings (SSSR count). The van der Waals surface area contributed by atoms with Gasteiger partial charge in [0.05, 0.1) is 6.61 Å². The fraction of sp³-hybridized carbons (Fsp3) is 0.923. The van der Waals surface area contributed by atoms with Crippen molar-refractivity contribution in [2.24, 2.45) is 0 Å². The Kier molecular flexibility index (Phi) is 14.5. The molecule has 16 heavy (non-hydrogen) atoms. The minimum absolute atomic E-state index is 0.529. The second-order valence-corrected chi connectivity index (χ2v) is 4.57. The van der Waals surface area contributed by atoms with Crippen LogP contribution in [0.5, 0.6) is 0 Å².